The molecule has 0 fully saturated rings. The number of amides is 1. The van der Waals surface area contributed by atoms with Gasteiger partial charge in [-0.15, -0.1) is 5.10 Å². The molecule has 1 amide bonds. The molecule has 0 aliphatic carbocycles. The Labute approximate surface area is 152 Å². The topological polar surface area (TPSA) is 86.5 Å². The summed E-state index contributed by atoms with van der Waals surface area (Å²) in [7, 11) is 3.01. The molecule has 0 radical (unpaired) electrons. The van der Waals surface area contributed by atoms with Crippen LogP contribution in [-0.2, 0) is 11.2 Å². The average molecular weight is 375 g/mol. The molecule has 27 heavy (non-hydrogen) atoms. The average Bonchev–Trinajstić information content (AvgIpc) is 3.09. The fourth-order valence-corrected chi connectivity index (χ4v) is 2.38. The molecular weight excluding hydrogens is 360 g/mol. The van der Waals surface area contributed by atoms with E-state index < -0.39 is 17.5 Å². The summed E-state index contributed by atoms with van der Waals surface area (Å²) in [6.45, 7) is 0. The Morgan fingerprint density at radius 1 is 1.11 bits per heavy atom. The van der Waals surface area contributed by atoms with Crippen molar-refractivity contribution >= 4 is 11.9 Å². The van der Waals surface area contributed by atoms with E-state index >= 15 is 0 Å². The van der Waals surface area contributed by atoms with Crippen molar-refractivity contribution in [3.8, 4) is 23.0 Å². The molecule has 0 atom stereocenters. The highest BCUT2D eigenvalue weighted by atomic mass is 19.1. The number of benzene rings is 2. The standard InChI is InChI=1S/C18H15F2N3O4/c1-25-12-5-3-10(15(9-12)26-2)7-16(24)21-18-23-22-17(27-18)13-6-4-11(19)8-14(13)20/h3-6,8-9H,7H2,1-2H3,(H,21,23,24). The first-order valence-electron chi connectivity index (χ1n) is 7.80. The molecule has 0 bridgehead atoms. The largest absolute Gasteiger partial charge is 0.497 e. The second kappa shape index (κ2) is 7.81. The summed E-state index contributed by atoms with van der Waals surface area (Å²) in [5, 5.41) is 9.73. The van der Waals surface area contributed by atoms with Crippen molar-refractivity contribution in [1.29, 1.82) is 0 Å². The highest BCUT2D eigenvalue weighted by Crippen LogP contribution is 2.26. The molecule has 0 aliphatic rings. The van der Waals surface area contributed by atoms with Gasteiger partial charge in [-0.3, -0.25) is 10.1 Å². The number of halogens is 2. The first kappa shape index (κ1) is 18.3. The molecule has 1 aromatic heterocycles. The number of nitrogens with zero attached hydrogens (tertiary/aromatic N) is 2. The van der Waals surface area contributed by atoms with E-state index in [-0.39, 0.29) is 23.9 Å². The minimum atomic E-state index is -0.848. The first-order valence-corrected chi connectivity index (χ1v) is 7.80. The van der Waals surface area contributed by atoms with Crippen LogP contribution in [0.4, 0.5) is 14.8 Å². The molecule has 0 aliphatic heterocycles. The summed E-state index contributed by atoms with van der Waals surface area (Å²) in [5.74, 6) is -1.10. The van der Waals surface area contributed by atoms with Gasteiger partial charge in [-0.2, -0.15) is 0 Å². The smallest absolute Gasteiger partial charge is 0.322 e. The molecule has 3 rings (SSSR count). The Morgan fingerprint density at radius 3 is 2.63 bits per heavy atom. The van der Waals surface area contributed by atoms with Crippen molar-refractivity contribution in [2.45, 2.75) is 6.42 Å². The SMILES string of the molecule is COc1ccc(CC(=O)Nc2nnc(-c3ccc(F)cc3F)o2)c(OC)c1. The van der Waals surface area contributed by atoms with Crippen LogP contribution in [0.2, 0.25) is 0 Å². The summed E-state index contributed by atoms with van der Waals surface area (Å²) in [4.78, 5) is 12.2. The molecule has 140 valence electrons. The number of aromatic nitrogens is 2. The van der Waals surface area contributed by atoms with E-state index in [9.17, 15) is 13.6 Å². The van der Waals surface area contributed by atoms with Gasteiger partial charge in [-0.25, -0.2) is 8.78 Å². The third-order valence-corrected chi connectivity index (χ3v) is 3.68. The second-order valence-electron chi connectivity index (χ2n) is 5.44. The van der Waals surface area contributed by atoms with Crippen LogP contribution >= 0.6 is 0 Å². The van der Waals surface area contributed by atoms with Gasteiger partial charge in [-0.1, -0.05) is 11.2 Å². The Hall–Kier alpha value is -3.49. The molecule has 0 saturated heterocycles. The third kappa shape index (κ3) is 4.20. The van der Waals surface area contributed by atoms with Crippen LogP contribution in [0, 0.1) is 11.6 Å². The van der Waals surface area contributed by atoms with Crippen molar-refractivity contribution in [1.82, 2.24) is 10.2 Å². The Bertz CT molecular complexity index is 975. The van der Waals surface area contributed by atoms with E-state index in [1.165, 1.54) is 20.3 Å². The molecule has 0 saturated carbocycles. The molecule has 1 N–H and O–H groups in total. The van der Waals surface area contributed by atoms with Crippen LogP contribution in [0.25, 0.3) is 11.5 Å². The lowest BCUT2D eigenvalue weighted by Crippen LogP contribution is -2.15. The van der Waals surface area contributed by atoms with E-state index in [0.717, 1.165) is 6.07 Å². The van der Waals surface area contributed by atoms with E-state index in [1.54, 1.807) is 18.2 Å². The van der Waals surface area contributed by atoms with Crippen LogP contribution < -0.4 is 14.8 Å². The summed E-state index contributed by atoms with van der Waals surface area (Å²) < 4.78 is 42.3. The molecule has 1 heterocycles. The zero-order chi connectivity index (χ0) is 19.4. The number of hydrogen-bond acceptors (Lipinski definition) is 6. The van der Waals surface area contributed by atoms with Crippen molar-refractivity contribution in [3.05, 3.63) is 53.6 Å². The maximum atomic E-state index is 13.8. The summed E-state index contributed by atoms with van der Waals surface area (Å²) in [6, 6.07) is 7.80. The number of ether oxygens (including phenoxy) is 2. The van der Waals surface area contributed by atoms with Gasteiger partial charge in [0.2, 0.25) is 5.91 Å². The van der Waals surface area contributed by atoms with Crippen molar-refractivity contribution in [3.63, 3.8) is 0 Å². The van der Waals surface area contributed by atoms with Crippen LogP contribution in [0.5, 0.6) is 11.5 Å². The minimum Gasteiger partial charge on any atom is -0.497 e. The lowest BCUT2D eigenvalue weighted by Gasteiger charge is -2.09. The van der Waals surface area contributed by atoms with Gasteiger partial charge in [0.1, 0.15) is 23.1 Å². The first-order chi connectivity index (χ1) is 13.0. The summed E-state index contributed by atoms with van der Waals surface area (Å²) in [5.41, 5.74) is 0.557. The lowest BCUT2D eigenvalue weighted by molar-refractivity contribution is -0.115. The monoisotopic (exact) mass is 375 g/mol. The maximum Gasteiger partial charge on any atom is 0.322 e. The highest BCUT2D eigenvalue weighted by Gasteiger charge is 2.16. The predicted molar refractivity (Wildman–Crippen MR) is 91.5 cm³/mol. The van der Waals surface area contributed by atoms with Crippen molar-refractivity contribution < 1.29 is 27.5 Å². The van der Waals surface area contributed by atoms with Gasteiger partial charge in [0.15, 0.2) is 0 Å². The number of anilines is 1. The predicted octanol–water partition coefficient (Wildman–Crippen LogP) is 3.21. The van der Waals surface area contributed by atoms with Gasteiger partial charge in [0, 0.05) is 17.7 Å². The van der Waals surface area contributed by atoms with Crippen LogP contribution in [0.15, 0.2) is 40.8 Å². The van der Waals surface area contributed by atoms with E-state index in [0.29, 0.717) is 23.1 Å². The minimum absolute atomic E-state index is 0.0181. The van der Waals surface area contributed by atoms with Gasteiger partial charge in [0.25, 0.3) is 5.89 Å². The molecule has 9 heteroatoms. The fraction of sp³-hybridized carbons (Fsp3) is 0.167. The maximum absolute atomic E-state index is 13.8. The lowest BCUT2D eigenvalue weighted by atomic mass is 10.1. The molecule has 3 aromatic rings. The number of carbonyl (C=O) groups is 1. The molecule has 2 aromatic carbocycles. The van der Waals surface area contributed by atoms with Crippen LogP contribution in [0.3, 0.4) is 0 Å². The third-order valence-electron chi connectivity index (χ3n) is 3.68. The molecular formula is C18H15F2N3O4. The quantitative estimate of drug-likeness (QED) is 0.712. The fourth-order valence-electron chi connectivity index (χ4n) is 2.38. The number of rotatable bonds is 6. The number of methoxy groups -OCH3 is 2. The van der Waals surface area contributed by atoms with E-state index in [2.05, 4.69) is 15.5 Å². The van der Waals surface area contributed by atoms with Crippen molar-refractivity contribution in [2.75, 3.05) is 19.5 Å². The molecule has 0 spiro atoms. The Balaban J connectivity index is 1.71. The van der Waals surface area contributed by atoms with Gasteiger partial charge >= 0.3 is 6.01 Å². The van der Waals surface area contributed by atoms with Gasteiger partial charge in [-0.05, 0) is 18.2 Å². The van der Waals surface area contributed by atoms with Crippen molar-refractivity contribution in [2.24, 2.45) is 0 Å². The summed E-state index contributed by atoms with van der Waals surface area (Å²) >= 11 is 0. The van der Waals surface area contributed by atoms with Crippen LogP contribution in [-0.4, -0.2) is 30.3 Å². The number of carbonyl (C=O) groups excluding carboxylic acids is 1. The zero-order valence-corrected chi connectivity index (χ0v) is 14.5. The van der Waals surface area contributed by atoms with E-state index in [1.807, 2.05) is 0 Å². The van der Waals surface area contributed by atoms with Crippen LogP contribution in [0.1, 0.15) is 5.56 Å². The molecule has 7 nitrogen and oxygen atoms in total. The summed E-state index contributed by atoms with van der Waals surface area (Å²) in [6.07, 6.45) is -0.0181. The zero-order valence-electron chi connectivity index (χ0n) is 14.5. The highest BCUT2D eigenvalue weighted by molar-refractivity contribution is 5.90. The normalized spacial score (nSPS) is 10.5. The number of nitrogens with one attached hydrogen (secondary N) is 1. The van der Waals surface area contributed by atoms with Gasteiger partial charge < -0.3 is 13.9 Å². The second-order valence-corrected chi connectivity index (χ2v) is 5.44. The van der Waals surface area contributed by atoms with Gasteiger partial charge in [0.05, 0.1) is 26.2 Å². The number of hydrogen-bond donors (Lipinski definition) is 1. The Morgan fingerprint density at radius 2 is 1.93 bits per heavy atom. The Kier molecular flexibility index (Phi) is 5.30. The molecule has 0 unspecified atom stereocenters. The van der Waals surface area contributed by atoms with E-state index in [4.69, 9.17) is 13.9 Å².